The van der Waals surface area contributed by atoms with E-state index in [9.17, 15) is 13.2 Å². The summed E-state index contributed by atoms with van der Waals surface area (Å²) in [6.07, 6.45) is 4.73. The number of hydrogen-bond acceptors (Lipinski definition) is 5. The van der Waals surface area contributed by atoms with Gasteiger partial charge in [-0.15, -0.1) is 11.8 Å². The van der Waals surface area contributed by atoms with Gasteiger partial charge >= 0.3 is 0 Å². The summed E-state index contributed by atoms with van der Waals surface area (Å²) in [7, 11) is -2.29. The highest BCUT2D eigenvalue weighted by Gasteiger charge is 2.29. The third-order valence-corrected chi connectivity index (χ3v) is 7.99. The van der Waals surface area contributed by atoms with Gasteiger partial charge in [-0.3, -0.25) is 4.79 Å². The van der Waals surface area contributed by atoms with Crippen molar-refractivity contribution in [2.45, 2.75) is 42.0 Å². The smallest absolute Gasteiger partial charge is 0.251 e. The first-order chi connectivity index (χ1) is 14.4. The van der Waals surface area contributed by atoms with Crippen LogP contribution in [0.3, 0.4) is 0 Å². The van der Waals surface area contributed by atoms with Crippen LogP contribution in [0.25, 0.3) is 0 Å². The molecule has 8 heteroatoms. The number of ether oxygens (including phenoxy) is 1. The summed E-state index contributed by atoms with van der Waals surface area (Å²) in [5.74, 6) is -0.0768. The van der Waals surface area contributed by atoms with Gasteiger partial charge < -0.3 is 10.1 Å². The van der Waals surface area contributed by atoms with Crippen LogP contribution in [-0.2, 0) is 10.0 Å². The summed E-state index contributed by atoms with van der Waals surface area (Å²) in [5, 5.41) is 2.95. The second kappa shape index (κ2) is 9.85. The van der Waals surface area contributed by atoms with E-state index in [1.54, 1.807) is 23.9 Å². The Morgan fingerprint density at radius 1 is 1.10 bits per heavy atom. The van der Waals surface area contributed by atoms with E-state index in [0.29, 0.717) is 18.7 Å². The van der Waals surface area contributed by atoms with E-state index < -0.39 is 10.0 Å². The monoisotopic (exact) mass is 448 g/mol. The number of methoxy groups -OCH3 is 1. The van der Waals surface area contributed by atoms with Crippen molar-refractivity contribution in [2.75, 3.05) is 26.5 Å². The molecule has 1 N–H and O–H groups in total. The second-order valence-electron chi connectivity index (χ2n) is 7.30. The summed E-state index contributed by atoms with van der Waals surface area (Å²) < 4.78 is 33.1. The lowest BCUT2D eigenvalue weighted by atomic mass is 10.1. The number of thioether (sulfide) groups is 1. The minimum atomic E-state index is -3.72. The molecule has 0 saturated carbocycles. The maximum Gasteiger partial charge on any atom is 0.251 e. The highest BCUT2D eigenvalue weighted by atomic mass is 32.2. The molecule has 0 aliphatic carbocycles. The first-order valence-corrected chi connectivity index (χ1v) is 12.7. The normalized spacial score (nSPS) is 16.1. The van der Waals surface area contributed by atoms with Gasteiger partial charge in [-0.1, -0.05) is 18.6 Å². The highest BCUT2D eigenvalue weighted by Crippen LogP contribution is 2.30. The maximum absolute atomic E-state index is 13.2. The molecule has 0 spiro atoms. The summed E-state index contributed by atoms with van der Waals surface area (Å²) in [5.41, 5.74) is 1.27. The number of nitrogens with zero attached hydrogens (tertiary/aromatic N) is 1. The van der Waals surface area contributed by atoms with E-state index in [-0.39, 0.29) is 22.6 Å². The molecule has 1 heterocycles. The molecule has 1 saturated heterocycles. The topological polar surface area (TPSA) is 75.7 Å². The molecule has 30 heavy (non-hydrogen) atoms. The van der Waals surface area contributed by atoms with Gasteiger partial charge in [0.25, 0.3) is 5.91 Å². The Hall–Kier alpha value is -2.03. The largest absolute Gasteiger partial charge is 0.495 e. The Balaban J connectivity index is 1.83. The first-order valence-electron chi connectivity index (χ1n) is 10.00. The van der Waals surface area contributed by atoms with Crippen molar-refractivity contribution in [2.24, 2.45) is 0 Å². The van der Waals surface area contributed by atoms with Crippen LogP contribution < -0.4 is 10.1 Å². The Labute approximate surface area is 183 Å². The standard InChI is InChI=1S/C22H28N2O4S2/c1-16(17-7-10-19(29-3)11-8-17)23-22(25)18-9-12-20(28-2)21(15-18)30(26,27)24-13-5-4-6-14-24/h7-12,15-16H,4-6,13-14H2,1-3H3,(H,23,25)/t16-/m1/s1. The fraction of sp³-hybridized carbons (Fsp3) is 0.409. The van der Waals surface area contributed by atoms with E-state index in [1.165, 1.54) is 17.5 Å². The van der Waals surface area contributed by atoms with Crippen molar-refractivity contribution in [1.82, 2.24) is 9.62 Å². The van der Waals surface area contributed by atoms with Gasteiger partial charge in [-0.05, 0) is 61.9 Å². The van der Waals surface area contributed by atoms with E-state index in [1.807, 2.05) is 37.4 Å². The first kappa shape index (κ1) is 22.7. The number of hydrogen-bond donors (Lipinski definition) is 1. The molecule has 0 unspecified atom stereocenters. The average molecular weight is 449 g/mol. The molecule has 0 aromatic heterocycles. The van der Waals surface area contributed by atoms with E-state index >= 15 is 0 Å². The Morgan fingerprint density at radius 3 is 2.37 bits per heavy atom. The van der Waals surface area contributed by atoms with Crippen LogP contribution in [0.15, 0.2) is 52.3 Å². The third-order valence-electron chi connectivity index (χ3n) is 5.32. The molecule has 3 rings (SSSR count). The average Bonchev–Trinajstić information content (AvgIpc) is 2.79. The molecule has 0 radical (unpaired) electrons. The van der Waals surface area contributed by atoms with E-state index in [2.05, 4.69) is 5.32 Å². The predicted octanol–water partition coefficient (Wildman–Crippen LogP) is 4.08. The van der Waals surface area contributed by atoms with Crippen molar-refractivity contribution in [3.63, 3.8) is 0 Å². The molecule has 162 valence electrons. The number of piperidine rings is 1. The van der Waals surface area contributed by atoms with E-state index in [0.717, 1.165) is 29.7 Å². The second-order valence-corrected chi connectivity index (χ2v) is 10.1. The lowest BCUT2D eigenvalue weighted by molar-refractivity contribution is 0.0939. The summed E-state index contributed by atoms with van der Waals surface area (Å²) >= 11 is 1.66. The van der Waals surface area contributed by atoms with Crippen LogP contribution in [0.5, 0.6) is 5.75 Å². The molecular formula is C22H28N2O4S2. The number of carbonyl (C=O) groups excluding carboxylic acids is 1. The van der Waals surface area contributed by atoms with Gasteiger partial charge in [0.15, 0.2) is 0 Å². The number of rotatable bonds is 7. The van der Waals surface area contributed by atoms with Gasteiger partial charge in [0, 0.05) is 23.5 Å². The van der Waals surface area contributed by atoms with Gasteiger partial charge in [0.2, 0.25) is 10.0 Å². The molecule has 1 fully saturated rings. The van der Waals surface area contributed by atoms with Gasteiger partial charge in [-0.25, -0.2) is 8.42 Å². The van der Waals surface area contributed by atoms with Crippen LogP contribution in [0.4, 0.5) is 0 Å². The zero-order valence-corrected chi connectivity index (χ0v) is 19.2. The van der Waals surface area contributed by atoms with Crippen molar-refractivity contribution in [3.05, 3.63) is 53.6 Å². The van der Waals surface area contributed by atoms with Crippen molar-refractivity contribution >= 4 is 27.7 Å². The quantitative estimate of drug-likeness (QED) is 0.646. The Kier molecular flexibility index (Phi) is 7.44. The fourth-order valence-electron chi connectivity index (χ4n) is 3.52. The lowest BCUT2D eigenvalue weighted by Crippen LogP contribution is -2.36. The number of nitrogens with one attached hydrogen (secondary N) is 1. The predicted molar refractivity (Wildman–Crippen MR) is 120 cm³/mol. The van der Waals surface area contributed by atoms with Crippen LogP contribution in [-0.4, -0.2) is 45.1 Å². The SMILES string of the molecule is COc1ccc(C(=O)N[C@H](C)c2ccc(SC)cc2)cc1S(=O)(=O)N1CCCCC1. The molecule has 6 nitrogen and oxygen atoms in total. The van der Waals surface area contributed by atoms with Crippen molar-refractivity contribution < 1.29 is 17.9 Å². The number of sulfonamides is 1. The van der Waals surface area contributed by atoms with Crippen LogP contribution >= 0.6 is 11.8 Å². The van der Waals surface area contributed by atoms with Gasteiger partial charge in [0.1, 0.15) is 10.6 Å². The highest BCUT2D eigenvalue weighted by molar-refractivity contribution is 7.98. The van der Waals surface area contributed by atoms with Crippen LogP contribution in [0.1, 0.15) is 48.1 Å². The molecular weight excluding hydrogens is 420 g/mol. The minimum absolute atomic E-state index is 0.0385. The fourth-order valence-corrected chi connectivity index (χ4v) is 5.63. The Morgan fingerprint density at radius 2 is 1.77 bits per heavy atom. The zero-order valence-electron chi connectivity index (χ0n) is 17.6. The number of amides is 1. The summed E-state index contributed by atoms with van der Waals surface area (Å²) in [6.45, 7) is 2.89. The molecule has 1 aliphatic rings. The maximum atomic E-state index is 13.2. The molecule has 2 aromatic rings. The van der Waals surface area contributed by atoms with Crippen LogP contribution in [0.2, 0.25) is 0 Å². The summed E-state index contributed by atoms with van der Waals surface area (Å²) in [6, 6.07) is 12.3. The minimum Gasteiger partial charge on any atom is -0.495 e. The lowest BCUT2D eigenvalue weighted by Gasteiger charge is -2.26. The van der Waals surface area contributed by atoms with E-state index in [4.69, 9.17) is 4.74 Å². The molecule has 1 aliphatic heterocycles. The van der Waals surface area contributed by atoms with Crippen molar-refractivity contribution in [1.29, 1.82) is 0 Å². The number of carbonyl (C=O) groups is 1. The van der Waals surface area contributed by atoms with Crippen LogP contribution in [0, 0.1) is 0 Å². The molecule has 0 bridgehead atoms. The third kappa shape index (κ3) is 4.99. The zero-order chi connectivity index (χ0) is 21.7. The molecule has 1 atom stereocenters. The van der Waals surface area contributed by atoms with Gasteiger partial charge in [-0.2, -0.15) is 4.31 Å². The Bertz CT molecular complexity index is 985. The van der Waals surface area contributed by atoms with Gasteiger partial charge in [0.05, 0.1) is 13.2 Å². The summed E-state index contributed by atoms with van der Waals surface area (Å²) in [4.78, 5) is 14.0. The molecule has 1 amide bonds. The number of benzene rings is 2. The van der Waals surface area contributed by atoms with Crippen molar-refractivity contribution in [3.8, 4) is 5.75 Å². The molecule has 2 aromatic carbocycles.